The number of anilines is 1. The average Bonchev–Trinajstić information content (AvgIpc) is 2.78. The van der Waals surface area contributed by atoms with Gasteiger partial charge in [0.05, 0.1) is 19.3 Å². The molecule has 0 fully saturated rings. The molecule has 3 aromatic rings. The number of ether oxygens (including phenoxy) is 2. The van der Waals surface area contributed by atoms with Crippen molar-refractivity contribution in [3.05, 3.63) is 75.6 Å². The molecule has 160 valence electrons. The normalized spacial score (nSPS) is 15.2. The first-order valence-electron chi connectivity index (χ1n) is 10.0. The van der Waals surface area contributed by atoms with E-state index in [0.717, 1.165) is 11.1 Å². The van der Waals surface area contributed by atoms with Crippen molar-refractivity contribution < 1.29 is 14.3 Å². The van der Waals surface area contributed by atoms with E-state index in [9.17, 15) is 9.59 Å². The van der Waals surface area contributed by atoms with Crippen LogP contribution in [0.5, 0.6) is 11.5 Å². The van der Waals surface area contributed by atoms with E-state index < -0.39 is 5.92 Å². The van der Waals surface area contributed by atoms with Crippen molar-refractivity contribution in [3.63, 3.8) is 0 Å². The monoisotopic (exact) mass is 437 g/mol. The predicted octanol–water partition coefficient (Wildman–Crippen LogP) is 3.94. The van der Waals surface area contributed by atoms with Gasteiger partial charge in [-0.25, -0.2) is 4.98 Å². The van der Waals surface area contributed by atoms with E-state index >= 15 is 0 Å². The quantitative estimate of drug-likeness (QED) is 0.430. The molecule has 0 radical (unpaired) electrons. The Bertz CT molecular complexity index is 1150. The van der Waals surface area contributed by atoms with E-state index in [1.165, 1.54) is 11.8 Å². The van der Waals surface area contributed by atoms with Gasteiger partial charge in [0.15, 0.2) is 16.7 Å². The van der Waals surface area contributed by atoms with Crippen LogP contribution in [0, 0.1) is 0 Å². The van der Waals surface area contributed by atoms with Crippen molar-refractivity contribution in [1.29, 1.82) is 0 Å². The molecule has 2 heterocycles. The number of benzene rings is 2. The Balaban J connectivity index is 1.67. The molecule has 1 aliphatic heterocycles. The standard InChI is InChI=1S/C23H23N3O4S/c1-3-30-18-11-15(9-10-17(18)29-2)16-12-19(27)24-21-20(16)22(28)26-23(25-21)31-13-14-7-5-4-6-8-14/h4-11,16H,3,12-13H2,1-2H3,(H2,24,25,26,27,28). The van der Waals surface area contributed by atoms with E-state index in [1.807, 2.05) is 49.4 Å². The summed E-state index contributed by atoms with van der Waals surface area (Å²) in [7, 11) is 1.57. The Morgan fingerprint density at radius 3 is 2.68 bits per heavy atom. The number of hydrogen-bond acceptors (Lipinski definition) is 6. The Morgan fingerprint density at radius 1 is 1.13 bits per heavy atom. The molecule has 1 aliphatic rings. The molecule has 1 amide bonds. The fourth-order valence-corrected chi connectivity index (χ4v) is 4.42. The molecule has 1 unspecified atom stereocenters. The summed E-state index contributed by atoms with van der Waals surface area (Å²) in [4.78, 5) is 32.8. The SMILES string of the molecule is CCOc1cc(C2CC(=O)Nc3nc(SCc4ccccc4)[nH]c(=O)c32)ccc1OC. The first-order valence-corrected chi connectivity index (χ1v) is 11.0. The van der Waals surface area contributed by atoms with Gasteiger partial charge in [0.25, 0.3) is 5.56 Å². The lowest BCUT2D eigenvalue weighted by Gasteiger charge is -2.25. The van der Waals surface area contributed by atoms with Crippen LogP contribution in [0.1, 0.15) is 36.0 Å². The van der Waals surface area contributed by atoms with Crippen LogP contribution in [0.25, 0.3) is 0 Å². The molecule has 0 saturated carbocycles. The van der Waals surface area contributed by atoms with Crippen LogP contribution in [-0.2, 0) is 10.5 Å². The molecular weight excluding hydrogens is 414 g/mol. The number of carbonyl (C=O) groups is 1. The summed E-state index contributed by atoms with van der Waals surface area (Å²) in [5, 5.41) is 3.23. The van der Waals surface area contributed by atoms with E-state index in [-0.39, 0.29) is 17.9 Å². The topological polar surface area (TPSA) is 93.3 Å². The molecule has 0 aliphatic carbocycles. The second-order valence-electron chi connectivity index (χ2n) is 7.06. The lowest BCUT2D eigenvalue weighted by Crippen LogP contribution is -2.31. The number of carbonyl (C=O) groups excluding carboxylic acids is 1. The minimum Gasteiger partial charge on any atom is -0.493 e. The van der Waals surface area contributed by atoms with Gasteiger partial charge in [0.1, 0.15) is 5.82 Å². The van der Waals surface area contributed by atoms with Gasteiger partial charge in [-0.1, -0.05) is 48.2 Å². The highest BCUT2D eigenvalue weighted by Crippen LogP contribution is 2.38. The Kier molecular flexibility index (Phi) is 6.27. The zero-order valence-corrected chi connectivity index (χ0v) is 18.1. The van der Waals surface area contributed by atoms with Gasteiger partial charge < -0.3 is 19.8 Å². The zero-order chi connectivity index (χ0) is 21.8. The maximum atomic E-state index is 13.0. The summed E-state index contributed by atoms with van der Waals surface area (Å²) in [6.45, 7) is 2.37. The molecule has 0 bridgehead atoms. The van der Waals surface area contributed by atoms with Crippen LogP contribution in [0.4, 0.5) is 5.82 Å². The van der Waals surface area contributed by atoms with Gasteiger partial charge in [0.2, 0.25) is 5.91 Å². The number of nitrogens with one attached hydrogen (secondary N) is 2. The lowest BCUT2D eigenvalue weighted by molar-refractivity contribution is -0.116. The van der Waals surface area contributed by atoms with Crippen LogP contribution in [-0.4, -0.2) is 29.6 Å². The van der Waals surface area contributed by atoms with Gasteiger partial charge in [-0.05, 0) is 30.2 Å². The van der Waals surface area contributed by atoms with Crippen LogP contribution < -0.4 is 20.3 Å². The Morgan fingerprint density at radius 2 is 1.94 bits per heavy atom. The summed E-state index contributed by atoms with van der Waals surface area (Å²) in [6, 6.07) is 15.4. The molecule has 0 saturated heterocycles. The molecule has 2 aromatic carbocycles. The third-order valence-corrected chi connectivity index (χ3v) is 5.98. The maximum Gasteiger partial charge on any atom is 0.257 e. The van der Waals surface area contributed by atoms with Gasteiger partial charge in [-0.15, -0.1) is 0 Å². The van der Waals surface area contributed by atoms with E-state index in [2.05, 4.69) is 15.3 Å². The van der Waals surface area contributed by atoms with Crippen molar-refractivity contribution in [2.75, 3.05) is 19.0 Å². The third kappa shape index (κ3) is 4.59. The highest BCUT2D eigenvalue weighted by atomic mass is 32.2. The molecule has 2 N–H and O–H groups in total. The summed E-state index contributed by atoms with van der Waals surface area (Å²) >= 11 is 1.42. The number of fused-ring (bicyclic) bond motifs is 1. The molecule has 8 heteroatoms. The molecular formula is C23H23N3O4S. The Labute approximate surface area is 184 Å². The number of thioether (sulfide) groups is 1. The molecule has 7 nitrogen and oxygen atoms in total. The van der Waals surface area contributed by atoms with Crippen LogP contribution in [0.3, 0.4) is 0 Å². The minimum absolute atomic E-state index is 0.159. The van der Waals surface area contributed by atoms with Crippen molar-refractivity contribution in [1.82, 2.24) is 9.97 Å². The highest BCUT2D eigenvalue weighted by molar-refractivity contribution is 7.98. The average molecular weight is 438 g/mol. The van der Waals surface area contributed by atoms with E-state index in [0.29, 0.717) is 40.4 Å². The van der Waals surface area contributed by atoms with Gasteiger partial charge in [0, 0.05) is 18.1 Å². The highest BCUT2D eigenvalue weighted by Gasteiger charge is 2.31. The number of aromatic amines is 1. The number of nitrogens with zero attached hydrogens (tertiary/aromatic N) is 1. The van der Waals surface area contributed by atoms with Gasteiger partial charge in [-0.2, -0.15) is 0 Å². The van der Waals surface area contributed by atoms with Crippen LogP contribution >= 0.6 is 11.8 Å². The number of rotatable bonds is 7. The first kappa shape index (κ1) is 21.0. The second-order valence-corrected chi connectivity index (χ2v) is 8.02. The third-order valence-electron chi connectivity index (χ3n) is 5.04. The predicted molar refractivity (Wildman–Crippen MR) is 120 cm³/mol. The van der Waals surface area contributed by atoms with Crippen molar-refractivity contribution in [3.8, 4) is 11.5 Å². The maximum absolute atomic E-state index is 13.0. The summed E-state index contributed by atoms with van der Waals surface area (Å²) in [6.07, 6.45) is 0.159. The van der Waals surface area contributed by atoms with Crippen molar-refractivity contribution in [2.24, 2.45) is 0 Å². The zero-order valence-electron chi connectivity index (χ0n) is 17.3. The van der Waals surface area contributed by atoms with E-state index in [1.54, 1.807) is 13.2 Å². The smallest absolute Gasteiger partial charge is 0.257 e. The van der Waals surface area contributed by atoms with Gasteiger partial charge >= 0.3 is 0 Å². The Hall–Kier alpha value is -3.26. The second kappa shape index (κ2) is 9.26. The fourth-order valence-electron chi connectivity index (χ4n) is 3.61. The molecule has 1 atom stereocenters. The first-order chi connectivity index (χ1) is 15.1. The lowest BCUT2D eigenvalue weighted by atomic mass is 9.86. The molecule has 1 aromatic heterocycles. The molecule has 0 spiro atoms. The van der Waals surface area contributed by atoms with Crippen LogP contribution in [0.2, 0.25) is 0 Å². The summed E-state index contributed by atoms with van der Waals surface area (Å²) < 4.78 is 11.0. The number of amides is 1. The van der Waals surface area contributed by atoms with E-state index in [4.69, 9.17) is 9.47 Å². The number of aromatic nitrogens is 2. The number of methoxy groups -OCH3 is 1. The summed E-state index contributed by atoms with van der Waals surface area (Å²) in [5.41, 5.74) is 2.13. The molecule has 4 rings (SSSR count). The van der Waals surface area contributed by atoms with Crippen molar-refractivity contribution in [2.45, 2.75) is 30.2 Å². The fraction of sp³-hybridized carbons (Fsp3) is 0.261. The summed E-state index contributed by atoms with van der Waals surface area (Å²) in [5.74, 6) is 1.56. The van der Waals surface area contributed by atoms with Gasteiger partial charge in [-0.3, -0.25) is 9.59 Å². The number of hydrogen-bond donors (Lipinski definition) is 2. The molecule has 31 heavy (non-hydrogen) atoms. The van der Waals surface area contributed by atoms with Crippen LogP contribution in [0.15, 0.2) is 58.5 Å². The largest absolute Gasteiger partial charge is 0.493 e. The number of H-pyrrole nitrogens is 1. The van der Waals surface area contributed by atoms with Crippen molar-refractivity contribution >= 4 is 23.5 Å². The minimum atomic E-state index is -0.418.